The Kier molecular flexibility index (Phi) is 19.9. The number of alkyl halides is 24. The lowest BCUT2D eigenvalue weighted by Gasteiger charge is -2.46. The van der Waals surface area contributed by atoms with Gasteiger partial charge in [0.15, 0.2) is 0 Å². The van der Waals surface area contributed by atoms with Crippen LogP contribution in [0.2, 0.25) is 0 Å². The van der Waals surface area contributed by atoms with Crippen molar-refractivity contribution in [1.29, 1.82) is 0 Å². The third kappa shape index (κ3) is 16.1. The molecule has 0 saturated heterocycles. The molecule has 0 saturated carbocycles. The average Bonchev–Trinajstić information content (AvgIpc) is 3.26. The third-order valence-corrected chi connectivity index (χ3v) is 12.4. The topological polar surface area (TPSA) is 0 Å². The highest BCUT2D eigenvalue weighted by Gasteiger charge is 2.47. The Labute approximate surface area is 409 Å². The molecular formula is C48H48BF24N. The fraction of sp³-hybridized carbons (Fsp3) is 0.500. The van der Waals surface area contributed by atoms with E-state index in [2.05, 4.69) is 27.7 Å². The molecule has 0 radical (unpaired) electrons. The van der Waals surface area contributed by atoms with E-state index in [0.717, 1.165) is 0 Å². The summed E-state index contributed by atoms with van der Waals surface area (Å²) in [6.07, 6.45) is -43.7. The lowest BCUT2D eigenvalue weighted by atomic mass is 9.12. The molecule has 26 heteroatoms. The van der Waals surface area contributed by atoms with Gasteiger partial charge in [-0.2, -0.15) is 127 Å². The molecule has 4 rings (SSSR count). The lowest BCUT2D eigenvalue weighted by molar-refractivity contribution is -0.929. The maximum atomic E-state index is 14.2. The minimum absolute atomic E-state index is 0.691. The minimum atomic E-state index is -6.13. The quantitative estimate of drug-likeness (QED) is 0.0596. The van der Waals surface area contributed by atoms with Crippen LogP contribution in [0.5, 0.6) is 0 Å². The van der Waals surface area contributed by atoms with Crippen LogP contribution in [0.1, 0.15) is 124 Å². The molecule has 0 fully saturated rings. The predicted octanol–water partition coefficient (Wildman–Crippen LogP) is 16.2. The second kappa shape index (κ2) is 23.2. The van der Waals surface area contributed by atoms with E-state index in [0.29, 0.717) is 0 Å². The van der Waals surface area contributed by atoms with Gasteiger partial charge in [-0.15, -0.1) is 0 Å². The van der Waals surface area contributed by atoms with Crippen LogP contribution in [0.25, 0.3) is 0 Å². The van der Waals surface area contributed by atoms with Crippen LogP contribution < -0.4 is 21.9 Å². The second-order valence-electron chi connectivity index (χ2n) is 17.9. The normalized spacial score (nSPS) is 13.8. The average molecular weight is 1110 g/mol. The Hall–Kier alpha value is -4.78. The third-order valence-electron chi connectivity index (χ3n) is 12.4. The van der Waals surface area contributed by atoms with Crippen LogP contribution >= 0.6 is 0 Å². The number of halogens is 24. The molecule has 416 valence electrons. The van der Waals surface area contributed by atoms with Crippen LogP contribution in [-0.4, -0.2) is 36.8 Å². The highest BCUT2D eigenvalue weighted by atomic mass is 19.4. The van der Waals surface area contributed by atoms with E-state index in [-0.39, 0.29) is 0 Å². The molecule has 0 bridgehead atoms. The molecule has 0 aliphatic heterocycles. The number of unbranched alkanes of at least 4 members (excludes halogenated alkanes) is 4. The Morgan fingerprint density at radius 2 is 0.392 bits per heavy atom. The number of hydrogen-bond acceptors (Lipinski definition) is 0. The molecule has 0 unspecified atom stereocenters. The summed E-state index contributed by atoms with van der Waals surface area (Å²) in [5.41, 5.74) is -30.2. The smallest absolute Gasteiger partial charge is 0.324 e. The van der Waals surface area contributed by atoms with E-state index in [4.69, 9.17) is 0 Å². The minimum Gasteiger partial charge on any atom is -0.324 e. The molecule has 0 aliphatic carbocycles. The summed E-state index contributed by atoms with van der Waals surface area (Å²) in [5.74, 6) is 0. The molecular weight excluding hydrogens is 1060 g/mol. The van der Waals surface area contributed by atoms with E-state index in [9.17, 15) is 105 Å². The van der Waals surface area contributed by atoms with Gasteiger partial charge >= 0.3 is 49.4 Å². The van der Waals surface area contributed by atoms with Crippen molar-refractivity contribution in [2.24, 2.45) is 0 Å². The van der Waals surface area contributed by atoms with Gasteiger partial charge in [0.1, 0.15) is 6.15 Å². The number of nitrogens with zero attached hydrogens (tertiary/aromatic N) is 1. The summed E-state index contributed by atoms with van der Waals surface area (Å²) in [7, 11) is 0. The predicted molar refractivity (Wildman–Crippen MR) is 229 cm³/mol. The molecule has 0 aromatic heterocycles. The molecule has 0 N–H and O–H groups in total. The molecule has 1 nitrogen and oxygen atoms in total. The summed E-state index contributed by atoms with van der Waals surface area (Å²) in [6.45, 7) is 15.0. The molecule has 74 heavy (non-hydrogen) atoms. The van der Waals surface area contributed by atoms with Gasteiger partial charge in [0.25, 0.3) is 0 Å². The maximum absolute atomic E-state index is 14.2. The van der Waals surface area contributed by atoms with E-state index in [1.807, 2.05) is 0 Å². The summed E-state index contributed by atoms with van der Waals surface area (Å²) in [4.78, 5) is 0. The van der Waals surface area contributed by atoms with Crippen molar-refractivity contribution in [1.82, 2.24) is 0 Å². The fourth-order valence-electron chi connectivity index (χ4n) is 8.72. The molecule has 0 aliphatic rings. The molecule has 0 heterocycles. The first-order valence-corrected chi connectivity index (χ1v) is 22.7. The summed E-state index contributed by atoms with van der Waals surface area (Å²) in [5, 5.41) is 0. The molecule has 4 aromatic carbocycles. The second-order valence-corrected chi connectivity index (χ2v) is 17.9. The Bertz CT molecular complexity index is 1990. The zero-order chi connectivity index (χ0) is 56.9. The maximum Gasteiger partial charge on any atom is 0.416 e. The van der Waals surface area contributed by atoms with E-state index in [1.165, 1.54) is 82.0 Å². The first-order valence-electron chi connectivity index (χ1n) is 22.7. The summed E-state index contributed by atoms with van der Waals surface area (Å²) < 4.78 is 342. The number of hydrogen-bond donors (Lipinski definition) is 0. The molecule has 0 spiro atoms. The van der Waals surface area contributed by atoms with Crippen LogP contribution in [0.4, 0.5) is 105 Å². The first kappa shape index (κ1) is 63.5. The number of benzene rings is 4. The van der Waals surface area contributed by atoms with E-state index in [1.54, 1.807) is 0 Å². The van der Waals surface area contributed by atoms with Crippen molar-refractivity contribution < 1.29 is 110 Å². The van der Waals surface area contributed by atoms with Gasteiger partial charge < -0.3 is 4.48 Å². The van der Waals surface area contributed by atoms with Crippen molar-refractivity contribution in [2.75, 3.05) is 26.2 Å². The van der Waals surface area contributed by atoms with Crippen molar-refractivity contribution in [2.45, 2.75) is 128 Å². The van der Waals surface area contributed by atoms with Crippen LogP contribution in [0.15, 0.2) is 72.8 Å². The Balaban J connectivity index is 0.000000724. The largest absolute Gasteiger partial charge is 0.416 e. The monoisotopic (exact) mass is 1110 g/mol. The SMILES string of the molecule is CCCC[N+](CCCC)(CCCC)CCCC.FC(F)(F)c1cc([B-](c2cc(C(F)(F)F)cc(C(F)(F)F)c2)(c2cc(C(F)(F)F)cc(C(F)(F)F)c2)c2cc(C(F)(F)F)cc(C(F)(F)F)c2)cc(C(F)(F)F)c1. The Morgan fingerprint density at radius 1 is 0.257 bits per heavy atom. The van der Waals surface area contributed by atoms with Gasteiger partial charge in [0.05, 0.1) is 70.7 Å². The van der Waals surface area contributed by atoms with Gasteiger partial charge in [-0.3, -0.25) is 0 Å². The summed E-state index contributed by atoms with van der Waals surface area (Å²) >= 11 is 0. The van der Waals surface area contributed by atoms with Crippen molar-refractivity contribution >= 4 is 28.0 Å². The van der Waals surface area contributed by atoms with Crippen molar-refractivity contribution in [3.63, 3.8) is 0 Å². The molecule has 4 aromatic rings. The van der Waals surface area contributed by atoms with Gasteiger partial charge in [-0.1, -0.05) is 102 Å². The number of quaternary nitrogens is 1. The molecule has 0 atom stereocenters. The van der Waals surface area contributed by atoms with Crippen LogP contribution in [-0.2, 0) is 49.4 Å². The van der Waals surface area contributed by atoms with E-state index >= 15 is 0 Å². The standard InChI is InChI=1S/C32H12BF24.C16H36N/c34-25(35,36)13-1-14(26(37,38)39)6-21(5-13)33(22-7-15(27(40,41)42)2-16(8-22)28(43,44)45,23-9-17(29(46,47)48)3-18(10-23)30(49,50)51)24-11-19(31(52,53)54)4-20(12-24)32(55,56)57;1-5-9-13-17(14-10-6-2,15-11-7-3)16-12-8-4/h1-12H;5-16H2,1-4H3/q-1;+1. The highest BCUT2D eigenvalue weighted by molar-refractivity contribution is 7.20. The first-order chi connectivity index (χ1) is 33.5. The van der Waals surface area contributed by atoms with Crippen molar-refractivity contribution in [3.05, 3.63) is 117 Å². The zero-order valence-electron chi connectivity index (χ0n) is 39.5. The number of rotatable bonds is 16. The Morgan fingerprint density at radius 3 is 0.500 bits per heavy atom. The van der Waals surface area contributed by atoms with Gasteiger partial charge in [0, 0.05) is 0 Å². The molecule has 0 amide bonds. The van der Waals surface area contributed by atoms with Crippen LogP contribution in [0, 0.1) is 0 Å². The van der Waals surface area contributed by atoms with Crippen LogP contribution in [0.3, 0.4) is 0 Å². The highest BCUT2D eigenvalue weighted by Crippen LogP contribution is 2.41. The zero-order valence-corrected chi connectivity index (χ0v) is 39.5. The van der Waals surface area contributed by atoms with Gasteiger partial charge in [-0.05, 0) is 49.9 Å². The fourth-order valence-corrected chi connectivity index (χ4v) is 8.72. The van der Waals surface area contributed by atoms with E-state index < -0.39 is 195 Å². The van der Waals surface area contributed by atoms with Crippen molar-refractivity contribution in [3.8, 4) is 0 Å². The summed E-state index contributed by atoms with van der Waals surface area (Å²) in [6, 6.07) is -8.81. The van der Waals surface area contributed by atoms with Gasteiger partial charge in [-0.25, -0.2) is 0 Å². The van der Waals surface area contributed by atoms with Gasteiger partial charge in [0.2, 0.25) is 0 Å². The lowest BCUT2D eigenvalue weighted by Crippen LogP contribution is -2.75.